The Labute approximate surface area is 146 Å². The Hall–Kier alpha value is -1.32. The molecule has 23 heavy (non-hydrogen) atoms. The average Bonchev–Trinajstić information content (AvgIpc) is 3.07. The standard InChI is InChI=1S/C17H22N2O2S2/c1-12(2)17(3,11-18)19-15(20)10-21-14-6-4-13(5-7-14)16-22-8-9-23-16/h4-7,12,16H,8-10H2,1-3H3,(H,19,20)/t17-/m0/s1. The summed E-state index contributed by atoms with van der Waals surface area (Å²) in [4.78, 5) is 12.0. The molecule has 1 atom stereocenters. The molecule has 124 valence electrons. The lowest BCUT2D eigenvalue weighted by molar-refractivity contribution is -0.124. The maximum atomic E-state index is 12.0. The van der Waals surface area contributed by atoms with Crippen LogP contribution in [0.3, 0.4) is 0 Å². The average molecular weight is 351 g/mol. The van der Waals surface area contributed by atoms with Gasteiger partial charge in [0.1, 0.15) is 11.3 Å². The summed E-state index contributed by atoms with van der Waals surface area (Å²) in [6.07, 6.45) is 0. The van der Waals surface area contributed by atoms with E-state index in [9.17, 15) is 10.1 Å². The van der Waals surface area contributed by atoms with Crippen molar-refractivity contribution in [2.45, 2.75) is 30.9 Å². The first kappa shape index (κ1) is 18.0. The van der Waals surface area contributed by atoms with Crippen molar-refractivity contribution in [2.75, 3.05) is 18.1 Å². The van der Waals surface area contributed by atoms with E-state index in [0.29, 0.717) is 10.3 Å². The fraction of sp³-hybridized carbons (Fsp3) is 0.529. The molecule has 0 saturated carbocycles. The summed E-state index contributed by atoms with van der Waals surface area (Å²) >= 11 is 3.92. The van der Waals surface area contributed by atoms with Crippen LogP contribution in [-0.2, 0) is 4.79 Å². The Balaban J connectivity index is 1.86. The van der Waals surface area contributed by atoms with Crippen molar-refractivity contribution in [3.8, 4) is 11.8 Å². The summed E-state index contributed by atoms with van der Waals surface area (Å²) in [6, 6.07) is 10.1. The van der Waals surface area contributed by atoms with Gasteiger partial charge in [0.05, 0.1) is 10.7 Å². The molecular formula is C17H22N2O2S2. The van der Waals surface area contributed by atoms with Crippen LogP contribution in [0.2, 0.25) is 0 Å². The number of benzene rings is 1. The van der Waals surface area contributed by atoms with Gasteiger partial charge in [-0.15, -0.1) is 23.5 Å². The van der Waals surface area contributed by atoms with Crippen LogP contribution in [0.1, 0.15) is 30.9 Å². The summed E-state index contributed by atoms with van der Waals surface area (Å²) in [5.74, 6) is 2.80. The Bertz CT molecular complexity index is 577. The minimum atomic E-state index is -0.874. The van der Waals surface area contributed by atoms with Crippen molar-refractivity contribution in [1.82, 2.24) is 5.32 Å². The van der Waals surface area contributed by atoms with Crippen LogP contribution in [0.5, 0.6) is 5.75 Å². The lowest BCUT2D eigenvalue weighted by atomic mass is 9.90. The van der Waals surface area contributed by atoms with E-state index in [-0.39, 0.29) is 18.4 Å². The van der Waals surface area contributed by atoms with Gasteiger partial charge in [0.25, 0.3) is 5.91 Å². The summed E-state index contributed by atoms with van der Waals surface area (Å²) in [5, 5.41) is 12.0. The highest BCUT2D eigenvalue weighted by molar-refractivity contribution is 8.19. The second-order valence-corrected chi connectivity index (χ2v) is 8.67. The first-order valence-electron chi connectivity index (χ1n) is 7.63. The Kier molecular flexibility index (Phi) is 6.25. The van der Waals surface area contributed by atoms with E-state index in [1.807, 2.05) is 49.5 Å². The number of thioether (sulfide) groups is 2. The number of rotatable bonds is 6. The molecule has 1 amide bonds. The molecule has 1 aromatic carbocycles. The van der Waals surface area contributed by atoms with Crippen LogP contribution in [0, 0.1) is 17.2 Å². The SMILES string of the molecule is CC(C)[C@](C)(C#N)NC(=O)COc1ccc(C2SCCS2)cc1. The zero-order valence-electron chi connectivity index (χ0n) is 13.7. The molecule has 1 heterocycles. The fourth-order valence-electron chi connectivity index (χ4n) is 2.05. The van der Waals surface area contributed by atoms with Crippen molar-refractivity contribution in [3.63, 3.8) is 0 Å². The number of hydrogen-bond donors (Lipinski definition) is 1. The smallest absolute Gasteiger partial charge is 0.259 e. The van der Waals surface area contributed by atoms with Crippen molar-refractivity contribution >= 4 is 29.4 Å². The predicted octanol–water partition coefficient (Wildman–Crippen LogP) is 3.60. The Morgan fingerprint density at radius 2 is 2.00 bits per heavy atom. The maximum absolute atomic E-state index is 12.0. The molecule has 0 bridgehead atoms. The van der Waals surface area contributed by atoms with E-state index in [2.05, 4.69) is 23.5 Å². The molecule has 1 aromatic rings. The monoisotopic (exact) mass is 350 g/mol. The number of nitrogens with one attached hydrogen (secondary N) is 1. The van der Waals surface area contributed by atoms with Gasteiger partial charge in [0, 0.05) is 11.5 Å². The third-order valence-corrected chi connectivity index (χ3v) is 7.03. The molecule has 2 rings (SSSR count). The number of carbonyl (C=O) groups is 1. The first-order chi connectivity index (χ1) is 10.9. The zero-order valence-corrected chi connectivity index (χ0v) is 15.3. The molecule has 1 aliphatic heterocycles. The summed E-state index contributed by atoms with van der Waals surface area (Å²) in [7, 11) is 0. The molecule has 0 unspecified atom stereocenters. The number of ether oxygens (including phenoxy) is 1. The molecule has 1 N–H and O–H groups in total. The van der Waals surface area contributed by atoms with Crippen molar-refractivity contribution in [3.05, 3.63) is 29.8 Å². The quantitative estimate of drug-likeness (QED) is 0.849. The van der Waals surface area contributed by atoms with Gasteiger partial charge in [-0.2, -0.15) is 5.26 Å². The van der Waals surface area contributed by atoms with Crippen molar-refractivity contribution in [1.29, 1.82) is 5.26 Å². The molecule has 1 saturated heterocycles. The molecule has 0 radical (unpaired) electrons. The number of nitrogens with zero attached hydrogens (tertiary/aromatic N) is 1. The second-order valence-electron chi connectivity index (χ2n) is 5.95. The largest absolute Gasteiger partial charge is 0.484 e. The fourth-order valence-corrected chi connectivity index (χ4v) is 4.91. The van der Waals surface area contributed by atoms with E-state index in [0.717, 1.165) is 0 Å². The van der Waals surface area contributed by atoms with Crippen LogP contribution < -0.4 is 10.1 Å². The van der Waals surface area contributed by atoms with Crippen LogP contribution in [-0.4, -0.2) is 29.6 Å². The zero-order chi connectivity index (χ0) is 16.9. The normalized spacial score (nSPS) is 17.5. The van der Waals surface area contributed by atoms with E-state index < -0.39 is 5.54 Å². The molecule has 0 aromatic heterocycles. The third kappa shape index (κ3) is 4.82. The van der Waals surface area contributed by atoms with Crippen LogP contribution in [0.15, 0.2) is 24.3 Å². The Morgan fingerprint density at radius 1 is 1.39 bits per heavy atom. The van der Waals surface area contributed by atoms with Crippen molar-refractivity contribution in [2.24, 2.45) is 5.92 Å². The minimum absolute atomic E-state index is 0.0251. The van der Waals surface area contributed by atoms with Gasteiger partial charge in [-0.3, -0.25) is 4.79 Å². The molecule has 0 aliphatic carbocycles. The highest BCUT2D eigenvalue weighted by atomic mass is 32.2. The molecule has 6 heteroatoms. The van der Waals surface area contributed by atoms with Gasteiger partial charge in [-0.05, 0) is 30.5 Å². The van der Waals surface area contributed by atoms with E-state index >= 15 is 0 Å². The highest BCUT2D eigenvalue weighted by Gasteiger charge is 2.30. The van der Waals surface area contributed by atoms with E-state index in [1.165, 1.54) is 17.1 Å². The van der Waals surface area contributed by atoms with Crippen LogP contribution in [0.4, 0.5) is 0 Å². The van der Waals surface area contributed by atoms with Crippen molar-refractivity contribution < 1.29 is 9.53 Å². The predicted molar refractivity (Wildman–Crippen MR) is 96.6 cm³/mol. The summed E-state index contributed by atoms with van der Waals surface area (Å²) < 4.78 is 6.03. The minimum Gasteiger partial charge on any atom is -0.484 e. The molecule has 0 spiro atoms. The lowest BCUT2D eigenvalue weighted by Gasteiger charge is -2.27. The second kappa shape index (κ2) is 7.98. The van der Waals surface area contributed by atoms with Crippen LogP contribution >= 0.6 is 23.5 Å². The Morgan fingerprint density at radius 3 is 2.52 bits per heavy atom. The van der Waals surface area contributed by atoms with Gasteiger partial charge in [-0.1, -0.05) is 26.0 Å². The van der Waals surface area contributed by atoms with Gasteiger partial charge < -0.3 is 10.1 Å². The van der Waals surface area contributed by atoms with Gasteiger partial charge in [0.15, 0.2) is 6.61 Å². The van der Waals surface area contributed by atoms with Crippen LogP contribution in [0.25, 0.3) is 0 Å². The number of amides is 1. The third-order valence-electron chi connectivity index (χ3n) is 3.93. The molecular weight excluding hydrogens is 328 g/mol. The summed E-state index contributed by atoms with van der Waals surface area (Å²) in [6.45, 7) is 5.45. The molecule has 4 nitrogen and oxygen atoms in total. The van der Waals surface area contributed by atoms with E-state index in [4.69, 9.17) is 4.74 Å². The molecule has 1 aliphatic rings. The topological polar surface area (TPSA) is 62.1 Å². The van der Waals surface area contributed by atoms with E-state index in [1.54, 1.807) is 6.92 Å². The number of carbonyl (C=O) groups excluding carboxylic acids is 1. The highest BCUT2D eigenvalue weighted by Crippen LogP contribution is 2.45. The maximum Gasteiger partial charge on any atom is 0.259 e. The van der Waals surface area contributed by atoms with Gasteiger partial charge in [-0.25, -0.2) is 0 Å². The first-order valence-corrected chi connectivity index (χ1v) is 9.72. The number of nitriles is 1. The lowest BCUT2D eigenvalue weighted by Crippen LogP contribution is -2.50. The van der Waals surface area contributed by atoms with Gasteiger partial charge >= 0.3 is 0 Å². The van der Waals surface area contributed by atoms with Gasteiger partial charge in [0.2, 0.25) is 0 Å². The summed E-state index contributed by atoms with van der Waals surface area (Å²) in [5.41, 5.74) is 0.410. The molecule has 1 fully saturated rings. The number of hydrogen-bond acceptors (Lipinski definition) is 5.